The molecule has 0 saturated heterocycles. The molecule has 3 aromatic rings. The summed E-state index contributed by atoms with van der Waals surface area (Å²) in [4.78, 5) is 40.7. The van der Waals surface area contributed by atoms with E-state index in [0.29, 0.717) is 23.4 Å². The molecule has 1 aliphatic heterocycles. The Labute approximate surface area is 227 Å². The van der Waals surface area contributed by atoms with E-state index >= 15 is 0 Å². The highest BCUT2D eigenvalue weighted by atomic mass is 19.1. The quantitative estimate of drug-likeness (QED) is 0.481. The molecule has 1 spiro atoms. The molecule has 2 aliphatic rings. The lowest BCUT2D eigenvalue weighted by Crippen LogP contribution is -2.56. The fourth-order valence-electron chi connectivity index (χ4n) is 5.69. The average Bonchev–Trinajstić information content (AvgIpc) is 3.32. The molecule has 1 aromatic heterocycles. The van der Waals surface area contributed by atoms with Gasteiger partial charge in [-0.2, -0.15) is 0 Å². The van der Waals surface area contributed by atoms with Gasteiger partial charge in [0, 0.05) is 58.5 Å². The van der Waals surface area contributed by atoms with E-state index < -0.39 is 5.82 Å². The molecule has 1 saturated carbocycles. The van der Waals surface area contributed by atoms with Gasteiger partial charge in [0.25, 0.3) is 11.8 Å². The summed E-state index contributed by atoms with van der Waals surface area (Å²) in [6, 6.07) is 16.3. The van der Waals surface area contributed by atoms with E-state index in [1.165, 1.54) is 19.1 Å². The summed E-state index contributed by atoms with van der Waals surface area (Å²) in [7, 11) is 3.50. The normalized spacial score (nSPS) is 15.8. The number of halogens is 1. The molecule has 9 heteroatoms. The number of nitrogens with one attached hydrogen (secondary N) is 2. The van der Waals surface area contributed by atoms with Crippen molar-refractivity contribution >= 4 is 23.4 Å². The standard InChI is InChI=1S/C30H34FN5O3/c1-20(37)33-25-10-7-22(17-24(25)31)18-32-28(38)26-11-12-27-30(13-4-14-30)35(15-16-36(26)27)19-21-5-8-23(9-6-21)29(39)34(2)3/h5-12,17H,4,13-16,18-19H2,1-3H3,(H,32,38)(H,33,37). The first-order valence-corrected chi connectivity index (χ1v) is 13.3. The lowest BCUT2D eigenvalue weighted by Gasteiger charge is -2.53. The first kappa shape index (κ1) is 26.6. The number of carbonyl (C=O) groups excluding carboxylic acids is 3. The number of amides is 3. The molecule has 204 valence electrons. The molecule has 3 amide bonds. The minimum atomic E-state index is -0.539. The Morgan fingerprint density at radius 1 is 0.974 bits per heavy atom. The molecule has 2 aromatic carbocycles. The molecule has 2 heterocycles. The summed E-state index contributed by atoms with van der Waals surface area (Å²) < 4.78 is 16.4. The van der Waals surface area contributed by atoms with Crippen molar-refractivity contribution in [3.8, 4) is 0 Å². The molecule has 8 nitrogen and oxygen atoms in total. The number of rotatable bonds is 7. The van der Waals surface area contributed by atoms with E-state index in [4.69, 9.17) is 0 Å². The molecule has 0 atom stereocenters. The van der Waals surface area contributed by atoms with Crippen LogP contribution in [0.4, 0.5) is 10.1 Å². The Kier molecular flexibility index (Phi) is 7.27. The van der Waals surface area contributed by atoms with Gasteiger partial charge in [-0.15, -0.1) is 0 Å². The Bertz CT molecular complexity index is 1410. The van der Waals surface area contributed by atoms with Gasteiger partial charge in [0.05, 0.1) is 11.2 Å². The molecule has 1 aliphatic carbocycles. The number of hydrogen-bond donors (Lipinski definition) is 2. The first-order valence-electron chi connectivity index (χ1n) is 13.3. The van der Waals surface area contributed by atoms with Gasteiger partial charge in [-0.3, -0.25) is 19.3 Å². The SMILES string of the molecule is CC(=O)Nc1ccc(CNC(=O)c2ccc3n2CCN(Cc2ccc(C(=O)N(C)C)cc2)C32CCC2)cc1F. The van der Waals surface area contributed by atoms with Crippen LogP contribution >= 0.6 is 0 Å². The van der Waals surface area contributed by atoms with E-state index in [-0.39, 0.29) is 35.5 Å². The van der Waals surface area contributed by atoms with Crippen molar-refractivity contribution in [2.45, 2.75) is 51.4 Å². The lowest BCUT2D eigenvalue weighted by molar-refractivity contribution is -0.114. The van der Waals surface area contributed by atoms with Gasteiger partial charge >= 0.3 is 0 Å². The number of aromatic nitrogens is 1. The zero-order valence-electron chi connectivity index (χ0n) is 22.6. The third-order valence-electron chi connectivity index (χ3n) is 7.85. The minimum Gasteiger partial charge on any atom is -0.347 e. The lowest BCUT2D eigenvalue weighted by atomic mass is 9.71. The molecule has 1 fully saturated rings. The van der Waals surface area contributed by atoms with E-state index in [1.54, 1.807) is 25.1 Å². The van der Waals surface area contributed by atoms with E-state index in [0.717, 1.165) is 43.6 Å². The van der Waals surface area contributed by atoms with Crippen LogP contribution in [0.3, 0.4) is 0 Å². The predicted molar refractivity (Wildman–Crippen MR) is 147 cm³/mol. The minimum absolute atomic E-state index is 0.00856. The van der Waals surface area contributed by atoms with Crippen LogP contribution < -0.4 is 10.6 Å². The Balaban J connectivity index is 1.28. The number of fused-ring (bicyclic) bond motifs is 2. The van der Waals surface area contributed by atoms with Gasteiger partial charge in [-0.1, -0.05) is 18.2 Å². The smallest absolute Gasteiger partial charge is 0.268 e. The van der Waals surface area contributed by atoms with Gasteiger partial charge < -0.3 is 20.1 Å². The topological polar surface area (TPSA) is 86.7 Å². The van der Waals surface area contributed by atoms with Crippen LogP contribution in [0.15, 0.2) is 54.6 Å². The largest absolute Gasteiger partial charge is 0.347 e. The highest BCUT2D eigenvalue weighted by molar-refractivity contribution is 5.94. The molecule has 2 N–H and O–H groups in total. The Morgan fingerprint density at radius 2 is 1.69 bits per heavy atom. The first-order chi connectivity index (χ1) is 18.7. The van der Waals surface area contributed by atoms with Gasteiger partial charge in [0.15, 0.2) is 0 Å². The second kappa shape index (κ2) is 10.6. The number of carbonyl (C=O) groups is 3. The molecule has 0 radical (unpaired) electrons. The predicted octanol–water partition coefficient (Wildman–Crippen LogP) is 4.11. The van der Waals surface area contributed by atoms with Crippen LogP contribution in [-0.2, 0) is 30.0 Å². The summed E-state index contributed by atoms with van der Waals surface area (Å²) in [6.45, 7) is 3.80. The third kappa shape index (κ3) is 5.18. The number of anilines is 1. The third-order valence-corrected chi connectivity index (χ3v) is 7.85. The van der Waals surface area contributed by atoms with Crippen molar-refractivity contribution in [2.24, 2.45) is 0 Å². The van der Waals surface area contributed by atoms with E-state index in [9.17, 15) is 18.8 Å². The fourth-order valence-corrected chi connectivity index (χ4v) is 5.69. The van der Waals surface area contributed by atoms with Crippen molar-refractivity contribution in [1.82, 2.24) is 19.7 Å². The number of nitrogens with zero attached hydrogens (tertiary/aromatic N) is 3. The second-order valence-corrected chi connectivity index (χ2v) is 10.6. The highest BCUT2D eigenvalue weighted by Crippen LogP contribution is 2.49. The van der Waals surface area contributed by atoms with Crippen LogP contribution in [0.1, 0.15) is 63.9 Å². The fraction of sp³-hybridized carbons (Fsp3) is 0.367. The van der Waals surface area contributed by atoms with Gasteiger partial charge in [-0.25, -0.2) is 4.39 Å². The zero-order chi connectivity index (χ0) is 27.7. The Hall–Kier alpha value is -3.98. The molecule has 0 unspecified atom stereocenters. The van der Waals surface area contributed by atoms with Crippen molar-refractivity contribution in [3.05, 3.63) is 88.5 Å². The van der Waals surface area contributed by atoms with E-state index in [2.05, 4.69) is 26.2 Å². The van der Waals surface area contributed by atoms with Crippen LogP contribution in [0.2, 0.25) is 0 Å². The Morgan fingerprint density at radius 3 is 2.31 bits per heavy atom. The van der Waals surface area contributed by atoms with Crippen LogP contribution in [0.5, 0.6) is 0 Å². The maximum Gasteiger partial charge on any atom is 0.268 e. The van der Waals surface area contributed by atoms with E-state index in [1.807, 2.05) is 30.3 Å². The van der Waals surface area contributed by atoms with Crippen LogP contribution in [0.25, 0.3) is 0 Å². The van der Waals surface area contributed by atoms with Crippen molar-refractivity contribution < 1.29 is 18.8 Å². The van der Waals surface area contributed by atoms with Crippen molar-refractivity contribution in [3.63, 3.8) is 0 Å². The molecule has 5 rings (SSSR count). The summed E-state index contributed by atoms with van der Waals surface area (Å²) >= 11 is 0. The van der Waals surface area contributed by atoms with Crippen molar-refractivity contribution in [2.75, 3.05) is 26.0 Å². The second-order valence-electron chi connectivity index (χ2n) is 10.6. The molecular weight excluding hydrogens is 497 g/mol. The number of hydrogen-bond acceptors (Lipinski definition) is 4. The van der Waals surface area contributed by atoms with Gasteiger partial charge in [0.1, 0.15) is 11.5 Å². The summed E-state index contributed by atoms with van der Waals surface area (Å²) in [5, 5.41) is 5.36. The average molecular weight is 532 g/mol. The zero-order valence-corrected chi connectivity index (χ0v) is 22.6. The van der Waals surface area contributed by atoms with Gasteiger partial charge in [0.2, 0.25) is 5.91 Å². The summed E-state index contributed by atoms with van der Waals surface area (Å²) in [5.74, 6) is -1.09. The molecule has 39 heavy (non-hydrogen) atoms. The number of benzene rings is 2. The van der Waals surface area contributed by atoms with Gasteiger partial charge in [-0.05, 0) is 66.8 Å². The maximum atomic E-state index is 14.3. The molecule has 0 bridgehead atoms. The summed E-state index contributed by atoms with van der Waals surface area (Å²) in [5.41, 5.74) is 4.24. The highest BCUT2D eigenvalue weighted by Gasteiger charge is 2.48. The van der Waals surface area contributed by atoms with Crippen LogP contribution in [-0.4, -0.2) is 52.7 Å². The van der Waals surface area contributed by atoms with Crippen molar-refractivity contribution in [1.29, 1.82) is 0 Å². The molecular formula is C30H34FN5O3. The van der Waals surface area contributed by atoms with Crippen LogP contribution in [0, 0.1) is 5.82 Å². The maximum absolute atomic E-state index is 14.3. The summed E-state index contributed by atoms with van der Waals surface area (Å²) in [6.07, 6.45) is 3.21. The monoisotopic (exact) mass is 531 g/mol.